The van der Waals surface area contributed by atoms with E-state index in [2.05, 4.69) is 99.9 Å². The Bertz CT molecular complexity index is 1460. The third-order valence-electron chi connectivity index (χ3n) is 9.53. The van der Waals surface area contributed by atoms with E-state index in [4.69, 9.17) is 34.8 Å². The average Bonchev–Trinajstić information content (AvgIpc) is 3.48. The zero-order valence-electron chi connectivity index (χ0n) is 26.0. The Kier molecular flexibility index (Phi) is 9.29. The minimum Gasteiger partial charge on any atom is -0.364 e. The van der Waals surface area contributed by atoms with Crippen molar-refractivity contribution in [3.05, 3.63) is 104 Å². The van der Waals surface area contributed by atoms with Gasteiger partial charge in [-0.15, -0.1) is 0 Å². The number of fused-ring (bicyclic) bond motifs is 2. The van der Waals surface area contributed by atoms with Gasteiger partial charge in [-0.2, -0.15) is 0 Å². The molecule has 2 nitrogen and oxygen atoms in total. The number of hydrogen-bond donors (Lipinski definition) is 0. The maximum atomic E-state index is 7.09. The summed E-state index contributed by atoms with van der Waals surface area (Å²) in [5, 5.41) is 2.49. The van der Waals surface area contributed by atoms with Crippen LogP contribution in [0.15, 0.2) is 82.6 Å². The van der Waals surface area contributed by atoms with E-state index in [0.29, 0.717) is 0 Å². The summed E-state index contributed by atoms with van der Waals surface area (Å²) in [4.78, 5) is 5.05. The molecule has 0 fully saturated rings. The van der Waals surface area contributed by atoms with Crippen LogP contribution in [0.25, 0.3) is 0 Å². The Morgan fingerprint density at radius 1 is 0.810 bits per heavy atom. The van der Waals surface area contributed by atoms with Gasteiger partial charge < -0.3 is 9.80 Å². The zero-order chi connectivity index (χ0) is 30.2. The molecule has 2 aliphatic heterocycles. The van der Waals surface area contributed by atoms with Crippen LogP contribution in [0.3, 0.4) is 0 Å². The Labute approximate surface area is 268 Å². The predicted octanol–water partition coefficient (Wildman–Crippen LogP) is 11.5. The lowest BCUT2D eigenvalue weighted by atomic mass is 9.80. The van der Waals surface area contributed by atoms with Gasteiger partial charge in [0.15, 0.2) is 0 Å². The van der Waals surface area contributed by atoms with Gasteiger partial charge in [-0.05, 0) is 90.4 Å². The first kappa shape index (κ1) is 31.3. The smallest absolute Gasteiger partial charge is 0.0568 e. The SMILES string of the molecule is CCCCN1/C(=C/C=C2\CCC(/C=C/C3N(CCCC)c4ccc(Cl)cc4C3(C)C)=C2Cl)C(C)(C)c2cc(Cl)ccc21. The summed E-state index contributed by atoms with van der Waals surface area (Å²) in [6.45, 7) is 15.8. The van der Waals surface area contributed by atoms with Crippen molar-refractivity contribution < 1.29 is 0 Å². The normalized spacial score (nSPS) is 22.7. The topological polar surface area (TPSA) is 6.48 Å². The molecule has 2 heterocycles. The monoisotopic (exact) mass is 622 g/mol. The first-order chi connectivity index (χ1) is 20.0. The second-order valence-electron chi connectivity index (χ2n) is 13.1. The average molecular weight is 624 g/mol. The number of anilines is 2. The lowest BCUT2D eigenvalue weighted by Gasteiger charge is -2.32. The lowest BCUT2D eigenvalue weighted by molar-refractivity contribution is 0.471. The molecule has 0 amide bonds. The zero-order valence-corrected chi connectivity index (χ0v) is 28.3. The summed E-state index contributed by atoms with van der Waals surface area (Å²) in [7, 11) is 0. The lowest BCUT2D eigenvalue weighted by Crippen LogP contribution is -2.40. The quantitative estimate of drug-likeness (QED) is 0.274. The van der Waals surface area contributed by atoms with Crippen molar-refractivity contribution in [3.8, 4) is 0 Å². The van der Waals surface area contributed by atoms with Gasteiger partial charge in [0, 0.05) is 56.1 Å². The molecule has 1 unspecified atom stereocenters. The van der Waals surface area contributed by atoms with Crippen LogP contribution in [0.5, 0.6) is 0 Å². The maximum absolute atomic E-state index is 7.09. The molecule has 0 aromatic heterocycles. The van der Waals surface area contributed by atoms with Crippen LogP contribution in [-0.2, 0) is 10.8 Å². The van der Waals surface area contributed by atoms with Crippen LogP contribution in [0.4, 0.5) is 11.4 Å². The second kappa shape index (κ2) is 12.5. The van der Waals surface area contributed by atoms with Gasteiger partial charge in [0.05, 0.1) is 6.04 Å². The molecule has 0 saturated heterocycles. The minimum absolute atomic E-state index is 0.0485. The van der Waals surface area contributed by atoms with Crippen molar-refractivity contribution in [2.75, 3.05) is 22.9 Å². The minimum atomic E-state index is -0.129. The molecule has 1 aliphatic carbocycles. The number of rotatable bonds is 9. The van der Waals surface area contributed by atoms with Crippen LogP contribution >= 0.6 is 34.8 Å². The molecule has 5 heteroatoms. The fourth-order valence-corrected chi connectivity index (χ4v) is 7.66. The van der Waals surface area contributed by atoms with E-state index in [0.717, 1.165) is 60.3 Å². The molecular formula is C37H45Cl3N2. The van der Waals surface area contributed by atoms with Crippen molar-refractivity contribution in [3.63, 3.8) is 0 Å². The van der Waals surface area contributed by atoms with Gasteiger partial charge in [0.1, 0.15) is 0 Å². The largest absolute Gasteiger partial charge is 0.364 e. The van der Waals surface area contributed by atoms with Gasteiger partial charge in [-0.3, -0.25) is 0 Å². The van der Waals surface area contributed by atoms with E-state index in [1.54, 1.807) is 0 Å². The van der Waals surface area contributed by atoms with Crippen molar-refractivity contribution in [1.82, 2.24) is 0 Å². The highest BCUT2D eigenvalue weighted by Crippen LogP contribution is 2.50. The van der Waals surface area contributed by atoms with Crippen LogP contribution in [-0.4, -0.2) is 19.1 Å². The summed E-state index contributed by atoms with van der Waals surface area (Å²) in [6.07, 6.45) is 15.8. The Hall–Kier alpha value is -2.13. The predicted molar refractivity (Wildman–Crippen MR) is 185 cm³/mol. The van der Waals surface area contributed by atoms with Crippen molar-refractivity contribution in [1.29, 1.82) is 0 Å². The van der Waals surface area contributed by atoms with E-state index in [-0.39, 0.29) is 16.9 Å². The van der Waals surface area contributed by atoms with E-state index in [1.165, 1.54) is 45.8 Å². The van der Waals surface area contributed by atoms with Gasteiger partial charge in [0.25, 0.3) is 0 Å². The Balaban J connectivity index is 1.43. The molecule has 0 bridgehead atoms. The number of allylic oxidation sites excluding steroid dienone is 7. The van der Waals surface area contributed by atoms with E-state index in [1.807, 2.05) is 12.1 Å². The first-order valence-electron chi connectivity index (χ1n) is 15.6. The molecule has 0 N–H and O–H groups in total. The molecule has 224 valence electrons. The molecule has 0 radical (unpaired) electrons. The Morgan fingerprint density at radius 3 is 2.14 bits per heavy atom. The summed E-state index contributed by atoms with van der Waals surface area (Å²) in [6, 6.07) is 12.9. The highest BCUT2D eigenvalue weighted by molar-refractivity contribution is 6.33. The van der Waals surface area contributed by atoms with E-state index in [9.17, 15) is 0 Å². The van der Waals surface area contributed by atoms with Crippen molar-refractivity contribution >= 4 is 46.2 Å². The molecule has 2 aromatic carbocycles. The molecule has 2 aromatic rings. The molecule has 1 atom stereocenters. The number of nitrogens with zero attached hydrogens (tertiary/aromatic N) is 2. The number of benzene rings is 2. The number of halogens is 3. The summed E-state index contributed by atoms with van der Waals surface area (Å²) in [5.74, 6) is 0. The third-order valence-corrected chi connectivity index (χ3v) is 10.5. The molecule has 3 aliphatic rings. The summed E-state index contributed by atoms with van der Waals surface area (Å²) >= 11 is 20.0. The Morgan fingerprint density at radius 2 is 1.45 bits per heavy atom. The maximum Gasteiger partial charge on any atom is 0.0568 e. The highest BCUT2D eigenvalue weighted by atomic mass is 35.5. The van der Waals surface area contributed by atoms with Crippen molar-refractivity contribution in [2.45, 2.75) is 96.9 Å². The van der Waals surface area contributed by atoms with E-state index < -0.39 is 0 Å². The van der Waals surface area contributed by atoms with Gasteiger partial charge >= 0.3 is 0 Å². The highest BCUT2D eigenvalue weighted by Gasteiger charge is 2.43. The van der Waals surface area contributed by atoms with Crippen LogP contribution in [0.2, 0.25) is 10.0 Å². The van der Waals surface area contributed by atoms with Gasteiger partial charge in [-0.1, -0.05) is 107 Å². The fourth-order valence-electron chi connectivity index (χ4n) is 7.01. The first-order valence-corrected chi connectivity index (χ1v) is 16.8. The standard InChI is InChI=1S/C37H45Cl3N2/c1-7-9-21-41-31-17-15-27(38)23-29(31)36(3,4)33(41)19-13-25-11-12-26(35(25)40)14-20-34-37(5,6)30-24-28(39)16-18-32(30)42(34)22-10-8-2/h13-20,23-24,33H,7-12,21-22H2,1-6H3/b19-13+,26-14+,34-20+. The molecule has 42 heavy (non-hydrogen) atoms. The van der Waals surface area contributed by atoms with Gasteiger partial charge in [-0.25, -0.2) is 0 Å². The molecule has 5 rings (SSSR count). The summed E-state index contributed by atoms with van der Waals surface area (Å²) < 4.78 is 0. The van der Waals surface area contributed by atoms with Crippen LogP contribution in [0, 0.1) is 0 Å². The van der Waals surface area contributed by atoms with Crippen molar-refractivity contribution in [2.24, 2.45) is 0 Å². The second-order valence-corrected chi connectivity index (χ2v) is 14.4. The van der Waals surface area contributed by atoms with Gasteiger partial charge in [0.2, 0.25) is 0 Å². The molecule has 0 saturated carbocycles. The van der Waals surface area contributed by atoms with Crippen LogP contribution in [0.1, 0.15) is 91.2 Å². The summed E-state index contributed by atoms with van der Waals surface area (Å²) in [5.41, 5.74) is 8.77. The van der Waals surface area contributed by atoms with E-state index >= 15 is 0 Å². The fraction of sp³-hybridized carbons (Fsp3) is 0.459. The third kappa shape index (κ3) is 5.72. The molecular weight excluding hydrogens is 579 g/mol. The number of hydrogen-bond acceptors (Lipinski definition) is 2. The molecule has 0 spiro atoms. The number of unbranched alkanes of at least 4 members (excludes halogenated alkanes) is 2. The van der Waals surface area contributed by atoms with Crippen LogP contribution < -0.4 is 9.80 Å².